The third-order valence-electron chi connectivity index (χ3n) is 1.79. The van der Waals surface area contributed by atoms with Gasteiger partial charge in [0.05, 0.1) is 18.6 Å². The summed E-state index contributed by atoms with van der Waals surface area (Å²) < 4.78 is 6.79. The second-order valence-corrected chi connectivity index (χ2v) is 3.02. The lowest BCUT2D eigenvalue weighted by atomic mass is 10.4. The first-order valence-corrected chi connectivity index (χ1v) is 4.17. The van der Waals surface area contributed by atoms with Crippen LogP contribution >= 0.6 is 0 Å². The van der Waals surface area contributed by atoms with Gasteiger partial charge in [-0.15, -0.1) is 0 Å². The summed E-state index contributed by atoms with van der Waals surface area (Å²) in [6, 6.07) is 1.85. The topological polar surface area (TPSA) is 60.9 Å². The van der Waals surface area contributed by atoms with Crippen molar-refractivity contribution in [3.05, 3.63) is 35.7 Å². The zero-order valence-electron chi connectivity index (χ0n) is 7.67. The van der Waals surface area contributed by atoms with E-state index < -0.39 is 0 Å². The van der Waals surface area contributed by atoms with Gasteiger partial charge in [-0.25, -0.2) is 4.98 Å². The summed E-state index contributed by atoms with van der Waals surface area (Å²) in [6.07, 6.45) is 3.95. The summed E-state index contributed by atoms with van der Waals surface area (Å²) in [5.41, 5.74) is 1.26. The van der Waals surface area contributed by atoms with Gasteiger partial charge in [0.15, 0.2) is 12.0 Å². The molecule has 2 heterocycles. The molecular formula is C9H9N3O2. The summed E-state index contributed by atoms with van der Waals surface area (Å²) in [6.45, 7) is 2.40. The van der Waals surface area contributed by atoms with E-state index in [0.717, 1.165) is 11.5 Å². The molecule has 0 bridgehead atoms. The van der Waals surface area contributed by atoms with Crippen molar-refractivity contribution in [2.75, 3.05) is 0 Å². The molecule has 5 heteroatoms. The largest absolute Gasteiger partial charge is 0.359 e. The normalized spacial score (nSPS) is 10.4. The van der Waals surface area contributed by atoms with Crippen molar-refractivity contribution < 1.29 is 9.32 Å². The van der Waals surface area contributed by atoms with Crippen LogP contribution in [0.25, 0.3) is 0 Å². The number of hydrogen-bond acceptors (Lipinski definition) is 4. The summed E-state index contributed by atoms with van der Waals surface area (Å²) in [5, 5.41) is 3.76. The molecule has 2 aromatic heterocycles. The molecule has 0 saturated heterocycles. The molecule has 5 nitrogen and oxygen atoms in total. The van der Waals surface area contributed by atoms with Crippen LogP contribution in [0.3, 0.4) is 0 Å². The summed E-state index contributed by atoms with van der Waals surface area (Å²) >= 11 is 0. The minimum Gasteiger partial charge on any atom is -0.359 e. The Kier molecular flexibility index (Phi) is 2.14. The molecule has 0 aliphatic rings. The van der Waals surface area contributed by atoms with Crippen LogP contribution in [-0.4, -0.2) is 21.0 Å². The molecular weight excluding hydrogens is 182 g/mol. The van der Waals surface area contributed by atoms with E-state index in [2.05, 4.69) is 10.1 Å². The molecule has 0 N–H and O–H groups in total. The highest BCUT2D eigenvalue weighted by Gasteiger charge is 2.02. The van der Waals surface area contributed by atoms with Crippen molar-refractivity contribution >= 4 is 6.29 Å². The maximum atomic E-state index is 10.4. The van der Waals surface area contributed by atoms with Crippen LogP contribution < -0.4 is 0 Å². The minimum atomic E-state index is 0.418. The molecule has 0 unspecified atom stereocenters. The molecule has 0 aromatic carbocycles. The molecule has 0 radical (unpaired) electrons. The molecule has 0 spiro atoms. The van der Waals surface area contributed by atoms with Gasteiger partial charge in [0.25, 0.3) is 0 Å². The Morgan fingerprint density at radius 2 is 2.50 bits per heavy atom. The lowest BCUT2D eigenvalue weighted by Gasteiger charge is -1.94. The van der Waals surface area contributed by atoms with Crippen LogP contribution in [0.1, 0.15) is 21.9 Å². The van der Waals surface area contributed by atoms with Crippen LogP contribution in [0.2, 0.25) is 0 Å². The van der Waals surface area contributed by atoms with E-state index in [1.165, 1.54) is 0 Å². The number of carbonyl (C=O) groups excluding carboxylic acids is 1. The fourth-order valence-corrected chi connectivity index (χ4v) is 1.20. The van der Waals surface area contributed by atoms with Gasteiger partial charge < -0.3 is 9.09 Å². The van der Waals surface area contributed by atoms with Gasteiger partial charge in [0, 0.05) is 12.3 Å². The number of hydrogen-bond donors (Lipinski definition) is 0. The molecule has 0 saturated carbocycles. The van der Waals surface area contributed by atoms with Crippen molar-refractivity contribution in [3.63, 3.8) is 0 Å². The van der Waals surface area contributed by atoms with Gasteiger partial charge in [-0.3, -0.25) is 4.79 Å². The number of nitrogens with zero attached hydrogens (tertiary/aromatic N) is 3. The molecule has 14 heavy (non-hydrogen) atoms. The Morgan fingerprint density at radius 3 is 3.07 bits per heavy atom. The van der Waals surface area contributed by atoms with Gasteiger partial charge in [0.1, 0.15) is 5.69 Å². The number of carbonyl (C=O) groups is 1. The maximum absolute atomic E-state index is 10.4. The predicted molar refractivity (Wildman–Crippen MR) is 48.0 cm³/mol. The van der Waals surface area contributed by atoms with Crippen LogP contribution in [0.15, 0.2) is 23.1 Å². The minimum absolute atomic E-state index is 0.418. The van der Waals surface area contributed by atoms with Gasteiger partial charge in [-0.05, 0) is 6.92 Å². The number of aromatic nitrogens is 3. The van der Waals surface area contributed by atoms with E-state index in [4.69, 9.17) is 4.52 Å². The van der Waals surface area contributed by atoms with Gasteiger partial charge in [0.2, 0.25) is 0 Å². The van der Waals surface area contributed by atoms with Gasteiger partial charge in [-0.1, -0.05) is 5.16 Å². The average molecular weight is 191 g/mol. The van der Waals surface area contributed by atoms with E-state index in [9.17, 15) is 4.79 Å². The van der Waals surface area contributed by atoms with Crippen molar-refractivity contribution in [1.29, 1.82) is 0 Å². The molecule has 2 aromatic rings. The molecule has 72 valence electrons. The van der Waals surface area contributed by atoms with Gasteiger partial charge >= 0.3 is 0 Å². The number of imidazole rings is 1. The van der Waals surface area contributed by atoms with Crippen molar-refractivity contribution in [2.45, 2.75) is 13.5 Å². The molecule has 2 rings (SSSR count). The lowest BCUT2D eigenvalue weighted by molar-refractivity contribution is 0.111. The predicted octanol–water partition coefficient (Wildman–Crippen LogP) is 1.04. The van der Waals surface area contributed by atoms with Gasteiger partial charge in [-0.2, -0.15) is 0 Å². The molecule has 0 fully saturated rings. The fraction of sp³-hybridized carbons (Fsp3) is 0.222. The highest BCUT2D eigenvalue weighted by Crippen LogP contribution is 2.05. The Hall–Kier alpha value is -1.91. The first-order valence-electron chi connectivity index (χ1n) is 4.17. The smallest absolute Gasteiger partial charge is 0.169 e. The van der Waals surface area contributed by atoms with Crippen LogP contribution in [0.4, 0.5) is 0 Å². The Labute approximate surface area is 80.3 Å². The maximum Gasteiger partial charge on any atom is 0.169 e. The van der Waals surface area contributed by atoms with E-state index in [1.807, 2.05) is 13.0 Å². The van der Waals surface area contributed by atoms with Crippen LogP contribution in [0.5, 0.6) is 0 Å². The summed E-state index contributed by atoms with van der Waals surface area (Å²) in [5.74, 6) is 0.748. The second kappa shape index (κ2) is 3.45. The third kappa shape index (κ3) is 1.71. The van der Waals surface area contributed by atoms with Crippen molar-refractivity contribution in [2.24, 2.45) is 0 Å². The highest BCUT2D eigenvalue weighted by atomic mass is 16.5. The van der Waals surface area contributed by atoms with Crippen LogP contribution in [-0.2, 0) is 6.54 Å². The number of aryl methyl sites for hydroxylation is 1. The Morgan fingerprint density at radius 1 is 1.64 bits per heavy atom. The summed E-state index contributed by atoms with van der Waals surface area (Å²) in [4.78, 5) is 14.2. The van der Waals surface area contributed by atoms with Crippen molar-refractivity contribution in [1.82, 2.24) is 14.7 Å². The first kappa shape index (κ1) is 8.68. The molecule has 0 aliphatic carbocycles. The molecule has 0 atom stereocenters. The Balaban J connectivity index is 2.14. The zero-order chi connectivity index (χ0) is 9.97. The zero-order valence-corrected chi connectivity index (χ0v) is 7.67. The van der Waals surface area contributed by atoms with E-state index in [-0.39, 0.29) is 0 Å². The first-order chi connectivity index (χ1) is 6.78. The number of aldehydes is 1. The fourth-order valence-electron chi connectivity index (χ4n) is 1.20. The lowest BCUT2D eigenvalue weighted by Crippen LogP contribution is -1.94. The molecule has 0 amide bonds. The highest BCUT2D eigenvalue weighted by molar-refractivity contribution is 5.70. The SMILES string of the molecule is Cc1cc(Cn2cnc(C=O)c2)on1. The third-order valence-corrected chi connectivity index (χ3v) is 1.79. The standard InChI is InChI=1S/C9H9N3O2/c1-7-2-9(14-11-7)4-12-3-8(5-13)10-6-12/h2-3,5-6H,4H2,1H3. The Bertz CT molecular complexity index is 444. The number of rotatable bonds is 3. The molecule has 0 aliphatic heterocycles. The average Bonchev–Trinajstić information content (AvgIpc) is 2.76. The van der Waals surface area contributed by atoms with E-state index >= 15 is 0 Å². The monoisotopic (exact) mass is 191 g/mol. The summed E-state index contributed by atoms with van der Waals surface area (Å²) in [7, 11) is 0. The van der Waals surface area contributed by atoms with E-state index in [0.29, 0.717) is 18.5 Å². The second-order valence-electron chi connectivity index (χ2n) is 3.02. The van der Waals surface area contributed by atoms with E-state index in [1.54, 1.807) is 17.1 Å². The van der Waals surface area contributed by atoms with Crippen molar-refractivity contribution in [3.8, 4) is 0 Å². The van der Waals surface area contributed by atoms with Crippen LogP contribution in [0, 0.1) is 6.92 Å². The quantitative estimate of drug-likeness (QED) is 0.680.